The molecule has 11 aromatic carbocycles. The summed E-state index contributed by atoms with van der Waals surface area (Å²) in [6.07, 6.45) is 0.896. The van der Waals surface area contributed by atoms with Crippen LogP contribution in [0.25, 0.3) is 45.3 Å². The second-order valence-corrected chi connectivity index (χ2v) is 55.1. The van der Waals surface area contributed by atoms with Gasteiger partial charge in [0.15, 0.2) is 17.5 Å². The molecule has 0 atom stereocenters. The van der Waals surface area contributed by atoms with Crippen molar-refractivity contribution in [3.63, 3.8) is 0 Å². The molecule has 77 heavy (non-hydrogen) atoms. The summed E-state index contributed by atoms with van der Waals surface area (Å²) in [4.78, 5) is 16.1. The molecule has 0 bridgehead atoms. The molecule has 1 aliphatic heterocycles. The Balaban J connectivity index is 1.23. The van der Waals surface area contributed by atoms with Gasteiger partial charge in [0, 0.05) is 16.7 Å². The summed E-state index contributed by atoms with van der Waals surface area (Å²) in [5.41, 5.74) is 8.56. The summed E-state index contributed by atoms with van der Waals surface area (Å²) >= 11 is 0. The molecule has 0 saturated carbocycles. The molecule has 1 saturated heterocycles. The summed E-state index contributed by atoms with van der Waals surface area (Å²) in [6, 6.07) is 119. The van der Waals surface area contributed by atoms with E-state index in [1.807, 2.05) is 12.1 Å². The van der Waals surface area contributed by atoms with E-state index in [9.17, 15) is 0 Å². The van der Waals surface area contributed by atoms with Crippen molar-refractivity contribution in [2.24, 2.45) is 0 Å². The zero-order valence-corrected chi connectivity index (χ0v) is 46.5. The average Bonchev–Trinajstić information content (AvgIpc) is 3.51. The molecule has 3 nitrogen and oxygen atoms in total. The van der Waals surface area contributed by atoms with Gasteiger partial charge in [0.05, 0.1) is 0 Å². The summed E-state index contributed by atoms with van der Waals surface area (Å²) < 4.78 is 0. The van der Waals surface area contributed by atoms with Gasteiger partial charge in [0.25, 0.3) is 0 Å². The van der Waals surface area contributed by atoms with Gasteiger partial charge < -0.3 is 0 Å². The Labute approximate surface area is 454 Å². The van der Waals surface area contributed by atoms with Crippen LogP contribution in [0.5, 0.6) is 0 Å². The monoisotopic (exact) mass is 1050 g/mol. The van der Waals surface area contributed by atoms with Gasteiger partial charge in [-0.05, 0) is 28.7 Å². The molecule has 1 fully saturated rings. The number of hydrogen-bond donors (Lipinski definition) is 0. The second kappa shape index (κ2) is 19.1. The van der Waals surface area contributed by atoms with Crippen LogP contribution in [0, 0.1) is 0 Å². The van der Waals surface area contributed by atoms with E-state index in [-0.39, 0.29) is 0 Å². The lowest BCUT2D eigenvalue weighted by Crippen LogP contribution is -3.25. The number of aromatic nitrogens is 3. The minimum atomic E-state index is -3.48. The first-order valence-electron chi connectivity index (χ1n) is 26.7. The molecule has 2 aliphatic rings. The standard InChI is InChI=1S/C70H53N3Si4/c1-9-29-53(30-10-1)68-71-69(54-31-11-2-12-32-54)73-70(72-68)56-34-27-47-63(51-56)76(61-43-21-7-22-44-61)74(57-35-13-3-14-36-57,58-37-15-4-16-38-58)77(62-45-23-8-24-46-62,67-50-28-49-65-64-48-26-25-33-55(64)52-66(65)67)75(76,59-39-17-5-18-40-59)60-41-19-6-20-42-60/h1-51H,52H2. The smallest absolute Gasteiger partial charge is 0.164 e. The Morgan fingerprint density at radius 3 is 0.961 bits per heavy atom. The molecule has 1 aromatic heterocycles. The minimum Gasteiger partial charge on any atom is -0.208 e. The topological polar surface area (TPSA) is 38.7 Å². The summed E-state index contributed by atoms with van der Waals surface area (Å²) in [5, 5.41) is 12.0. The van der Waals surface area contributed by atoms with Gasteiger partial charge in [-0.15, -0.1) is 0 Å². The molecule has 1 aliphatic carbocycles. The van der Waals surface area contributed by atoms with Gasteiger partial charge in [-0.25, -0.2) is 15.0 Å². The highest BCUT2D eigenvalue weighted by molar-refractivity contribution is 8.27. The van der Waals surface area contributed by atoms with E-state index in [0.717, 1.165) is 23.1 Å². The molecule has 14 rings (SSSR count). The molecule has 364 valence electrons. The van der Waals surface area contributed by atoms with Crippen LogP contribution in [0.3, 0.4) is 0 Å². The van der Waals surface area contributed by atoms with Crippen LogP contribution < -0.4 is 41.5 Å². The summed E-state index contributed by atoms with van der Waals surface area (Å²) in [7, 11) is -13.8. The van der Waals surface area contributed by atoms with E-state index in [1.54, 1.807) is 5.19 Å². The molecule has 0 N–H and O–H groups in total. The lowest BCUT2D eigenvalue weighted by atomic mass is 10.1. The van der Waals surface area contributed by atoms with E-state index in [2.05, 4.69) is 297 Å². The predicted molar refractivity (Wildman–Crippen MR) is 330 cm³/mol. The molecule has 2 heterocycles. The molecule has 7 heteroatoms. The SMILES string of the molecule is c1ccc(-c2nc(-c3ccccc3)nc(-c3cccc([Si]4(c5ccccc5)[Si](c5ccccc5)(c5ccccc5)[Si](c5ccccc5)(c5cccc6c5Cc5ccccc5-6)[Si]4(c4ccccc4)c4ccccc4)c3)n2)cc1. The van der Waals surface area contributed by atoms with Gasteiger partial charge >= 0.3 is 0 Å². The van der Waals surface area contributed by atoms with Crippen molar-refractivity contribution >= 4 is 69.9 Å². The number of fused-ring (bicyclic) bond motifs is 3. The van der Waals surface area contributed by atoms with Crippen LogP contribution in [0.15, 0.2) is 309 Å². The Hall–Kier alpha value is -8.70. The maximum absolute atomic E-state index is 5.45. The third-order valence-corrected chi connectivity index (χ3v) is 94.4. The first kappa shape index (κ1) is 46.8. The van der Waals surface area contributed by atoms with E-state index in [0.29, 0.717) is 17.5 Å². The normalized spacial score (nSPS) is 17.6. The zero-order valence-electron chi connectivity index (χ0n) is 42.5. The van der Waals surface area contributed by atoms with Crippen molar-refractivity contribution in [1.82, 2.24) is 15.0 Å². The van der Waals surface area contributed by atoms with Crippen LogP contribution in [0.4, 0.5) is 0 Å². The first-order chi connectivity index (χ1) is 38.2. The third kappa shape index (κ3) is 6.74. The van der Waals surface area contributed by atoms with Crippen LogP contribution in [-0.4, -0.2) is 43.4 Å². The number of benzene rings is 11. The van der Waals surface area contributed by atoms with Crippen molar-refractivity contribution < 1.29 is 0 Å². The van der Waals surface area contributed by atoms with Crippen molar-refractivity contribution in [2.75, 3.05) is 0 Å². The minimum absolute atomic E-state index is 0.655. The summed E-state index contributed by atoms with van der Waals surface area (Å²) in [6.45, 7) is 0. The van der Waals surface area contributed by atoms with Crippen LogP contribution in [0.1, 0.15) is 11.1 Å². The second-order valence-electron chi connectivity index (χ2n) is 20.5. The number of rotatable bonds is 11. The van der Waals surface area contributed by atoms with Crippen LogP contribution >= 0.6 is 0 Å². The van der Waals surface area contributed by atoms with Crippen LogP contribution in [0.2, 0.25) is 0 Å². The fraction of sp³-hybridized carbons (Fsp3) is 0.0143. The molecule has 12 aromatic rings. The predicted octanol–water partition coefficient (Wildman–Crippen LogP) is 10.1. The van der Waals surface area contributed by atoms with Crippen molar-refractivity contribution in [2.45, 2.75) is 6.42 Å². The number of hydrogen-bond acceptors (Lipinski definition) is 3. The maximum atomic E-state index is 5.45. The van der Waals surface area contributed by atoms with Crippen molar-refractivity contribution in [3.8, 4) is 45.3 Å². The molecular weight excluding hydrogens is 995 g/mol. The van der Waals surface area contributed by atoms with E-state index >= 15 is 0 Å². The fourth-order valence-electron chi connectivity index (χ4n) is 14.6. The van der Waals surface area contributed by atoms with Gasteiger partial charge in [-0.2, -0.15) is 0 Å². The lowest BCUT2D eigenvalue weighted by Gasteiger charge is -2.79. The Morgan fingerprint density at radius 2 is 0.532 bits per heavy atom. The largest absolute Gasteiger partial charge is 0.208 e. The summed E-state index contributed by atoms with van der Waals surface area (Å²) in [5.74, 6) is 1.98. The van der Waals surface area contributed by atoms with Gasteiger partial charge in [-0.3, -0.25) is 0 Å². The van der Waals surface area contributed by atoms with E-state index in [4.69, 9.17) is 15.0 Å². The average molecular weight is 1050 g/mol. The maximum Gasteiger partial charge on any atom is 0.164 e. The molecule has 0 spiro atoms. The van der Waals surface area contributed by atoms with Crippen LogP contribution in [-0.2, 0) is 6.42 Å². The van der Waals surface area contributed by atoms with Gasteiger partial charge in [0.1, 0.15) is 28.4 Å². The lowest BCUT2D eigenvalue weighted by molar-refractivity contribution is 1.07. The first-order valence-corrected chi connectivity index (χ1v) is 38.7. The third-order valence-electron chi connectivity index (χ3n) is 17.0. The molecule has 0 unspecified atom stereocenters. The van der Waals surface area contributed by atoms with Gasteiger partial charge in [0.2, 0.25) is 0 Å². The Kier molecular flexibility index (Phi) is 11.6. The number of nitrogens with zero attached hydrogens (tertiary/aromatic N) is 3. The highest BCUT2D eigenvalue weighted by Crippen LogP contribution is 2.52. The fourth-order valence-corrected chi connectivity index (χ4v) is 136. The molecule has 0 radical (unpaired) electrons. The Morgan fingerprint density at radius 1 is 0.234 bits per heavy atom. The van der Waals surface area contributed by atoms with Gasteiger partial charge in [-0.1, -0.05) is 351 Å². The van der Waals surface area contributed by atoms with Crippen molar-refractivity contribution in [3.05, 3.63) is 321 Å². The molecule has 0 amide bonds. The zero-order chi connectivity index (χ0) is 51.3. The quantitative estimate of drug-likeness (QED) is 0.121. The Bertz CT molecular complexity index is 3830. The van der Waals surface area contributed by atoms with Crippen molar-refractivity contribution in [1.29, 1.82) is 0 Å². The highest BCUT2D eigenvalue weighted by Gasteiger charge is 2.94. The van der Waals surface area contributed by atoms with E-state index < -0.39 is 28.4 Å². The highest BCUT2D eigenvalue weighted by atomic mass is 30.2. The molecular formula is C70H53N3Si4. The van der Waals surface area contributed by atoms with E-state index in [1.165, 1.54) is 58.6 Å².